The molecule has 2 N–H and O–H groups in total. The van der Waals surface area contributed by atoms with Crippen LogP contribution in [0.25, 0.3) is 0 Å². The van der Waals surface area contributed by atoms with Crippen LogP contribution in [0.1, 0.15) is 20.7 Å². The molecule has 1 aliphatic heterocycles. The summed E-state index contributed by atoms with van der Waals surface area (Å²) in [5.41, 5.74) is 2.12. The third-order valence-electron chi connectivity index (χ3n) is 4.85. The number of anilines is 3. The van der Waals surface area contributed by atoms with E-state index in [0.717, 1.165) is 0 Å². The summed E-state index contributed by atoms with van der Waals surface area (Å²) in [5.74, 6) is -0.358. The van der Waals surface area contributed by atoms with E-state index in [1.54, 1.807) is 65.0 Å². The molecule has 170 valence electrons. The van der Waals surface area contributed by atoms with Gasteiger partial charge in [-0.3, -0.25) is 13.9 Å². The Hall–Kier alpha value is -2.91. The minimum atomic E-state index is -1.21. The molecule has 1 fully saturated rings. The van der Waals surface area contributed by atoms with Crippen molar-refractivity contribution in [2.45, 2.75) is 0 Å². The maximum absolute atomic E-state index is 12.8. The molecule has 1 aliphatic rings. The highest BCUT2D eigenvalue weighted by Gasteiger charge is 2.21. The molecule has 0 aromatic heterocycles. The van der Waals surface area contributed by atoms with Crippen LogP contribution < -0.4 is 14.9 Å². The Morgan fingerprint density at radius 3 is 2.42 bits per heavy atom. The van der Waals surface area contributed by atoms with Crippen molar-refractivity contribution in [3.05, 3.63) is 87.9 Å². The van der Waals surface area contributed by atoms with Gasteiger partial charge in [0.25, 0.3) is 11.8 Å². The summed E-state index contributed by atoms with van der Waals surface area (Å²) in [6.45, 7) is 0.628. The van der Waals surface area contributed by atoms with Crippen molar-refractivity contribution in [3.8, 4) is 0 Å². The number of ether oxygens (including phenoxy) is 1. The Balaban J connectivity index is 1.49. The van der Waals surface area contributed by atoms with E-state index in [0.29, 0.717) is 40.0 Å². The van der Waals surface area contributed by atoms with Gasteiger partial charge in [0.05, 0.1) is 39.3 Å². The lowest BCUT2D eigenvalue weighted by Crippen LogP contribution is -2.36. The summed E-state index contributed by atoms with van der Waals surface area (Å²) in [6, 6.07) is 18.3. The lowest BCUT2D eigenvalue weighted by Gasteiger charge is -2.27. The zero-order chi connectivity index (χ0) is 23.4. The number of hydrogen-bond acceptors (Lipinski definition) is 4. The minimum Gasteiger partial charge on any atom is -0.359 e. The number of carbonyl (C=O) groups is 2. The van der Waals surface area contributed by atoms with Crippen LogP contribution in [0.5, 0.6) is 0 Å². The number of hydrogen-bond donors (Lipinski definition) is 2. The van der Waals surface area contributed by atoms with E-state index in [4.69, 9.17) is 27.9 Å². The molecular formula is C23H19Cl2N3O4S. The Labute approximate surface area is 203 Å². The fourth-order valence-corrected chi connectivity index (χ4v) is 4.61. The van der Waals surface area contributed by atoms with Gasteiger partial charge >= 0.3 is 0 Å². The molecule has 1 unspecified atom stereocenters. The van der Waals surface area contributed by atoms with Gasteiger partial charge in [0.15, 0.2) is 0 Å². The Morgan fingerprint density at radius 2 is 1.70 bits per heavy atom. The average molecular weight is 504 g/mol. The molecule has 10 heteroatoms. The zero-order valence-electron chi connectivity index (χ0n) is 17.2. The molecule has 1 atom stereocenters. The van der Waals surface area contributed by atoms with E-state index in [2.05, 4.69) is 10.6 Å². The Morgan fingerprint density at radius 1 is 0.909 bits per heavy atom. The van der Waals surface area contributed by atoms with Gasteiger partial charge in [-0.1, -0.05) is 41.4 Å². The maximum Gasteiger partial charge on any atom is 0.257 e. The maximum atomic E-state index is 12.8. The first-order chi connectivity index (χ1) is 15.9. The molecule has 1 saturated heterocycles. The number of carbonyl (C=O) groups excluding carboxylic acids is 2. The van der Waals surface area contributed by atoms with Crippen molar-refractivity contribution in [2.24, 2.45) is 0 Å². The van der Waals surface area contributed by atoms with Crippen molar-refractivity contribution in [1.29, 1.82) is 0 Å². The second-order valence-corrected chi connectivity index (χ2v) is 9.38. The number of amides is 2. The van der Waals surface area contributed by atoms with E-state index in [-0.39, 0.29) is 23.2 Å². The first-order valence-corrected chi connectivity index (χ1v) is 12.0. The van der Waals surface area contributed by atoms with Gasteiger partial charge < -0.3 is 15.4 Å². The van der Waals surface area contributed by atoms with Crippen LogP contribution in [0.2, 0.25) is 10.0 Å². The number of rotatable bonds is 5. The largest absolute Gasteiger partial charge is 0.359 e. The summed E-state index contributed by atoms with van der Waals surface area (Å²) in [5, 5.41) is 6.04. The third kappa shape index (κ3) is 5.54. The number of benzene rings is 3. The van der Waals surface area contributed by atoms with Gasteiger partial charge in [-0.05, 0) is 48.5 Å². The molecule has 2 amide bonds. The number of halogens is 2. The average Bonchev–Trinajstić information content (AvgIpc) is 2.82. The number of nitrogens with zero attached hydrogens (tertiary/aromatic N) is 1. The van der Waals surface area contributed by atoms with E-state index in [9.17, 15) is 13.8 Å². The van der Waals surface area contributed by atoms with Crippen LogP contribution in [-0.4, -0.2) is 35.1 Å². The second-order valence-electron chi connectivity index (χ2n) is 7.07. The quantitative estimate of drug-likeness (QED) is 0.515. The fourth-order valence-electron chi connectivity index (χ4n) is 3.16. The Bertz CT molecular complexity index is 1220. The lowest BCUT2D eigenvalue weighted by molar-refractivity contribution is 0.101. The minimum absolute atomic E-state index is 0.191. The van der Waals surface area contributed by atoms with Crippen molar-refractivity contribution < 1.29 is 18.5 Å². The molecule has 0 saturated carbocycles. The molecule has 3 aromatic rings. The highest BCUT2D eigenvalue weighted by atomic mass is 35.5. The van der Waals surface area contributed by atoms with Crippen LogP contribution >= 0.6 is 23.2 Å². The highest BCUT2D eigenvalue weighted by Crippen LogP contribution is 2.29. The summed E-state index contributed by atoms with van der Waals surface area (Å²) < 4.78 is 19.1. The molecule has 0 radical (unpaired) electrons. The Kier molecular flexibility index (Phi) is 7.29. The molecule has 0 aliphatic carbocycles. The van der Waals surface area contributed by atoms with Crippen LogP contribution in [0.4, 0.5) is 17.1 Å². The predicted molar refractivity (Wildman–Crippen MR) is 132 cm³/mol. The van der Waals surface area contributed by atoms with Gasteiger partial charge in [-0.2, -0.15) is 0 Å². The normalized spacial score (nSPS) is 15.7. The molecule has 7 nitrogen and oxygen atoms in total. The fraction of sp³-hybridized carbons (Fsp3) is 0.130. The van der Waals surface area contributed by atoms with Gasteiger partial charge in [0, 0.05) is 11.3 Å². The van der Waals surface area contributed by atoms with Crippen LogP contribution in [0.15, 0.2) is 66.7 Å². The smallest absolute Gasteiger partial charge is 0.257 e. The van der Waals surface area contributed by atoms with Gasteiger partial charge in [0.2, 0.25) is 0 Å². The summed E-state index contributed by atoms with van der Waals surface area (Å²) in [6.07, 6.45) is 0. The first kappa shape index (κ1) is 23.3. The molecule has 1 heterocycles. The molecule has 4 rings (SSSR count). The summed E-state index contributed by atoms with van der Waals surface area (Å²) >= 11 is 12.6. The van der Waals surface area contributed by atoms with Crippen molar-refractivity contribution >= 4 is 63.1 Å². The van der Waals surface area contributed by atoms with Gasteiger partial charge in [-0.25, -0.2) is 4.21 Å². The van der Waals surface area contributed by atoms with Crippen LogP contribution in [0, 0.1) is 0 Å². The number of nitrogens with one attached hydrogen (secondary N) is 2. The van der Waals surface area contributed by atoms with Gasteiger partial charge in [-0.15, -0.1) is 0 Å². The van der Waals surface area contributed by atoms with E-state index < -0.39 is 16.9 Å². The topological polar surface area (TPSA) is 87.7 Å². The van der Waals surface area contributed by atoms with E-state index in [1.807, 2.05) is 6.07 Å². The first-order valence-electron chi connectivity index (χ1n) is 9.93. The van der Waals surface area contributed by atoms with Crippen LogP contribution in [-0.2, 0) is 15.7 Å². The molecular weight excluding hydrogens is 485 g/mol. The summed E-state index contributed by atoms with van der Waals surface area (Å²) in [7, 11) is -1.21. The molecule has 3 aromatic carbocycles. The zero-order valence-corrected chi connectivity index (χ0v) is 19.5. The lowest BCUT2D eigenvalue weighted by atomic mass is 10.1. The summed E-state index contributed by atoms with van der Waals surface area (Å²) in [4.78, 5) is 25.3. The highest BCUT2D eigenvalue weighted by molar-refractivity contribution is 7.86. The SMILES string of the molecule is O=C(Nc1cc(NC(=O)c2ccc(N3COCCS3=O)cc2Cl)ccc1Cl)c1ccccc1. The van der Waals surface area contributed by atoms with Crippen molar-refractivity contribution in [3.63, 3.8) is 0 Å². The molecule has 33 heavy (non-hydrogen) atoms. The van der Waals surface area contributed by atoms with Gasteiger partial charge in [0.1, 0.15) is 17.7 Å². The standard InChI is InChI=1S/C23H19Cl2N3O4S/c24-19-9-6-16(12-21(19)27-22(29)15-4-2-1-3-5-15)26-23(30)18-8-7-17(13-20(18)25)28-14-32-10-11-33(28)31/h1-9,12-13H,10-11,14H2,(H,26,30)(H,27,29). The monoisotopic (exact) mass is 503 g/mol. The predicted octanol–water partition coefficient (Wildman–Crippen LogP) is 4.96. The molecule has 0 spiro atoms. The van der Waals surface area contributed by atoms with Crippen molar-refractivity contribution in [1.82, 2.24) is 0 Å². The van der Waals surface area contributed by atoms with Crippen molar-refractivity contribution in [2.75, 3.05) is 34.0 Å². The third-order valence-corrected chi connectivity index (χ3v) is 6.82. The van der Waals surface area contributed by atoms with E-state index >= 15 is 0 Å². The second kappa shape index (κ2) is 10.4. The van der Waals surface area contributed by atoms with Crippen LogP contribution in [0.3, 0.4) is 0 Å². The van der Waals surface area contributed by atoms with E-state index in [1.165, 1.54) is 0 Å². The molecule has 0 bridgehead atoms.